The number of rotatable bonds is 8. The minimum Gasteiger partial charge on any atom is -0.496 e. The van der Waals surface area contributed by atoms with Crippen LogP contribution >= 0.6 is 22.6 Å². The van der Waals surface area contributed by atoms with Crippen LogP contribution in [-0.2, 0) is 6.61 Å². The largest absolute Gasteiger partial charge is 0.496 e. The van der Waals surface area contributed by atoms with Crippen LogP contribution in [0.2, 0.25) is 0 Å². The third kappa shape index (κ3) is 6.38. The lowest BCUT2D eigenvalue weighted by molar-refractivity contribution is 0.104. The summed E-state index contributed by atoms with van der Waals surface area (Å²) >= 11 is 2.27. The van der Waals surface area contributed by atoms with Crippen LogP contribution in [0.3, 0.4) is 0 Å². The minimum absolute atomic E-state index is 0.00676. The average molecular weight is 553 g/mol. The highest BCUT2D eigenvalue weighted by Gasteiger charge is 2.11. The summed E-state index contributed by atoms with van der Waals surface area (Å²) in [6.45, 7) is 2.58. The van der Waals surface area contributed by atoms with Crippen LogP contribution in [0.1, 0.15) is 40.7 Å². The van der Waals surface area contributed by atoms with Crippen LogP contribution in [0.25, 0.3) is 6.08 Å². The standard InChI is InChI=1S/C28H28INO3/c1-32-28-16-6-21(19-23(28)20-33-26-13-9-24(29)10-14-26)5-15-27(31)22-7-11-25(12-8-22)30-17-3-2-4-18-30/h5-16,19H,2-4,17-18,20H2,1H3/b15-5+. The molecule has 3 aromatic rings. The molecule has 1 fully saturated rings. The maximum Gasteiger partial charge on any atom is 0.185 e. The van der Waals surface area contributed by atoms with E-state index in [4.69, 9.17) is 9.47 Å². The zero-order valence-electron chi connectivity index (χ0n) is 18.8. The van der Waals surface area contributed by atoms with Gasteiger partial charge in [-0.3, -0.25) is 4.79 Å². The van der Waals surface area contributed by atoms with Crippen LogP contribution in [0.5, 0.6) is 11.5 Å². The molecule has 1 heterocycles. The van der Waals surface area contributed by atoms with Crippen molar-refractivity contribution in [2.45, 2.75) is 25.9 Å². The zero-order valence-corrected chi connectivity index (χ0v) is 21.0. The highest BCUT2D eigenvalue weighted by atomic mass is 127. The van der Waals surface area contributed by atoms with Crippen molar-refractivity contribution in [3.63, 3.8) is 0 Å². The number of nitrogens with zero attached hydrogens (tertiary/aromatic N) is 1. The zero-order chi connectivity index (χ0) is 23.0. The molecule has 0 unspecified atom stereocenters. The molecule has 0 saturated carbocycles. The van der Waals surface area contributed by atoms with Gasteiger partial charge in [0.2, 0.25) is 0 Å². The van der Waals surface area contributed by atoms with Crippen LogP contribution in [0, 0.1) is 3.57 Å². The molecule has 3 aromatic carbocycles. The quantitative estimate of drug-likeness (QED) is 0.176. The van der Waals surface area contributed by atoms with Gasteiger partial charge < -0.3 is 14.4 Å². The maximum absolute atomic E-state index is 12.7. The van der Waals surface area contributed by atoms with Gasteiger partial charge in [-0.05, 0) is 114 Å². The van der Waals surface area contributed by atoms with Gasteiger partial charge in [-0.25, -0.2) is 0 Å². The Labute approximate surface area is 209 Å². The number of benzene rings is 3. The van der Waals surface area contributed by atoms with Crippen molar-refractivity contribution in [1.82, 2.24) is 0 Å². The van der Waals surface area contributed by atoms with Crippen molar-refractivity contribution in [2.24, 2.45) is 0 Å². The van der Waals surface area contributed by atoms with Crippen molar-refractivity contribution >= 4 is 40.1 Å². The van der Waals surface area contributed by atoms with E-state index in [0.717, 1.165) is 39.3 Å². The van der Waals surface area contributed by atoms with Gasteiger partial charge in [0.1, 0.15) is 18.1 Å². The Bertz CT molecular complexity index is 1100. The SMILES string of the molecule is COc1ccc(/C=C/C(=O)c2ccc(N3CCCCC3)cc2)cc1COc1ccc(I)cc1. The molecule has 4 nitrogen and oxygen atoms in total. The molecule has 0 aliphatic carbocycles. The van der Waals surface area contributed by atoms with Gasteiger partial charge in [0.15, 0.2) is 5.78 Å². The summed E-state index contributed by atoms with van der Waals surface area (Å²) in [7, 11) is 1.65. The maximum atomic E-state index is 12.7. The topological polar surface area (TPSA) is 38.8 Å². The second kappa shape index (κ2) is 11.4. The molecule has 4 rings (SSSR count). The molecule has 0 atom stereocenters. The lowest BCUT2D eigenvalue weighted by Gasteiger charge is -2.28. The van der Waals surface area contributed by atoms with E-state index < -0.39 is 0 Å². The van der Waals surface area contributed by atoms with E-state index in [1.54, 1.807) is 13.2 Å². The van der Waals surface area contributed by atoms with Crippen molar-refractivity contribution in [1.29, 1.82) is 0 Å². The number of piperidine rings is 1. The summed E-state index contributed by atoms with van der Waals surface area (Å²) in [5.74, 6) is 1.56. The van der Waals surface area contributed by atoms with Gasteiger partial charge in [-0.2, -0.15) is 0 Å². The number of hydrogen-bond donors (Lipinski definition) is 0. The van der Waals surface area contributed by atoms with E-state index in [-0.39, 0.29) is 5.78 Å². The Hall–Kier alpha value is -2.80. The summed E-state index contributed by atoms with van der Waals surface area (Å²) in [5.41, 5.74) is 3.75. The fourth-order valence-electron chi connectivity index (χ4n) is 3.96. The smallest absolute Gasteiger partial charge is 0.185 e. The van der Waals surface area contributed by atoms with Crippen molar-refractivity contribution in [3.05, 3.63) is 93.1 Å². The molecule has 0 N–H and O–H groups in total. The summed E-state index contributed by atoms with van der Waals surface area (Å²) in [4.78, 5) is 15.1. The molecule has 0 bridgehead atoms. The normalized spacial score (nSPS) is 13.8. The van der Waals surface area contributed by atoms with Crippen molar-refractivity contribution in [2.75, 3.05) is 25.1 Å². The molecule has 0 radical (unpaired) electrons. The van der Waals surface area contributed by atoms with Crippen LogP contribution in [0.4, 0.5) is 5.69 Å². The first-order chi connectivity index (χ1) is 16.1. The highest BCUT2D eigenvalue weighted by molar-refractivity contribution is 14.1. The molecular formula is C28H28INO3. The van der Waals surface area contributed by atoms with Crippen molar-refractivity contribution in [3.8, 4) is 11.5 Å². The number of carbonyl (C=O) groups excluding carboxylic acids is 1. The first-order valence-corrected chi connectivity index (χ1v) is 12.3. The number of methoxy groups -OCH3 is 1. The second-order valence-electron chi connectivity index (χ2n) is 8.11. The first kappa shape index (κ1) is 23.4. The lowest BCUT2D eigenvalue weighted by Crippen LogP contribution is -2.29. The van der Waals surface area contributed by atoms with Gasteiger partial charge in [0.05, 0.1) is 7.11 Å². The Kier molecular flexibility index (Phi) is 8.05. The summed E-state index contributed by atoms with van der Waals surface area (Å²) in [6.07, 6.45) is 7.25. The Morgan fingerprint density at radius 1 is 0.970 bits per heavy atom. The Morgan fingerprint density at radius 2 is 1.70 bits per heavy atom. The first-order valence-electron chi connectivity index (χ1n) is 11.2. The summed E-state index contributed by atoms with van der Waals surface area (Å²) in [6, 6.07) is 21.7. The van der Waals surface area contributed by atoms with E-state index in [1.807, 2.05) is 60.7 Å². The highest BCUT2D eigenvalue weighted by Crippen LogP contribution is 2.24. The fourth-order valence-corrected chi connectivity index (χ4v) is 4.32. The third-order valence-electron chi connectivity index (χ3n) is 5.81. The molecular weight excluding hydrogens is 525 g/mol. The number of hydrogen-bond acceptors (Lipinski definition) is 4. The Balaban J connectivity index is 1.41. The number of halogens is 1. The van der Waals surface area contributed by atoms with Gasteiger partial charge in [0, 0.05) is 33.5 Å². The molecule has 0 spiro atoms. The molecule has 0 aromatic heterocycles. The monoisotopic (exact) mass is 553 g/mol. The summed E-state index contributed by atoms with van der Waals surface area (Å²) < 4.78 is 12.6. The molecule has 5 heteroatoms. The molecule has 1 saturated heterocycles. The third-order valence-corrected chi connectivity index (χ3v) is 6.53. The number of allylic oxidation sites excluding steroid dienone is 1. The molecule has 0 amide bonds. The van der Waals surface area contributed by atoms with Crippen LogP contribution < -0.4 is 14.4 Å². The van der Waals surface area contributed by atoms with Gasteiger partial charge in [-0.15, -0.1) is 0 Å². The van der Waals surface area contributed by atoms with E-state index in [2.05, 4.69) is 39.6 Å². The van der Waals surface area contributed by atoms with Gasteiger partial charge in [-0.1, -0.05) is 12.1 Å². The number of carbonyl (C=O) groups is 1. The van der Waals surface area contributed by atoms with Gasteiger partial charge in [0.25, 0.3) is 0 Å². The number of ether oxygens (including phenoxy) is 2. The fraction of sp³-hybridized carbons (Fsp3) is 0.250. The van der Waals surface area contributed by atoms with E-state index in [0.29, 0.717) is 12.2 Å². The number of ketones is 1. The van der Waals surface area contributed by atoms with Crippen molar-refractivity contribution < 1.29 is 14.3 Å². The predicted octanol–water partition coefficient (Wildman–Crippen LogP) is 6.77. The second-order valence-corrected chi connectivity index (χ2v) is 9.35. The molecule has 170 valence electrons. The van der Waals surface area contributed by atoms with E-state index in [9.17, 15) is 4.79 Å². The molecule has 1 aliphatic rings. The van der Waals surface area contributed by atoms with Crippen LogP contribution in [-0.4, -0.2) is 26.0 Å². The molecule has 33 heavy (non-hydrogen) atoms. The lowest BCUT2D eigenvalue weighted by atomic mass is 10.1. The van der Waals surface area contributed by atoms with E-state index >= 15 is 0 Å². The minimum atomic E-state index is -0.00676. The Morgan fingerprint density at radius 3 is 2.39 bits per heavy atom. The summed E-state index contributed by atoms with van der Waals surface area (Å²) in [5, 5.41) is 0. The van der Waals surface area contributed by atoms with E-state index in [1.165, 1.54) is 24.9 Å². The van der Waals surface area contributed by atoms with Crippen LogP contribution in [0.15, 0.2) is 72.8 Å². The number of anilines is 1. The van der Waals surface area contributed by atoms with Gasteiger partial charge >= 0.3 is 0 Å². The average Bonchev–Trinajstić information content (AvgIpc) is 2.87. The predicted molar refractivity (Wildman–Crippen MR) is 142 cm³/mol. The molecule has 1 aliphatic heterocycles.